The van der Waals surface area contributed by atoms with Crippen LogP contribution in [-0.2, 0) is 6.42 Å². The average Bonchev–Trinajstić information content (AvgIpc) is 3.59. The number of fused-ring (bicyclic) bond motifs is 13. The summed E-state index contributed by atoms with van der Waals surface area (Å²) in [5.41, 5.74) is 8.94. The SMILES string of the molecule is C1=Cc2sc3c(ccc4ccc5ccc(-c6ccc(-c7cccc(-c8ccc9c%10ccccc%10c%10ccccc%10c9c8)c7)cc6)cc5c43)c2CC1. The fraction of sp³-hybridized carbons (Fsp3) is 0.0400. The Labute approximate surface area is 300 Å². The minimum absolute atomic E-state index is 1.13. The van der Waals surface area contributed by atoms with Crippen molar-refractivity contribution >= 4 is 81.4 Å². The Morgan fingerprint density at radius 3 is 1.63 bits per heavy atom. The molecule has 1 aliphatic carbocycles. The minimum atomic E-state index is 1.13. The molecular weight excluding hydrogens is 633 g/mol. The third-order valence-electron chi connectivity index (χ3n) is 11.1. The van der Waals surface area contributed by atoms with Gasteiger partial charge in [-0.25, -0.2) is 0 Å². The summed E-state index contributed by atoms with van der Waals surface area (Å²) < 4.78 is 1.43. The van der Waals surface area contributed by atoms with Crippen molar-refractivity contribution in [3.05, 3.63) is 174 Å². The van der Waals surface area contributed by atoms with Gasteiger partial charge in [0.15, 0.2) is 0 Å². The molecule has 0 bridgehead atoms. The first-order chi connectivity index (χ1) is 25.3. The summed E-state index contributed by atoms with van der Waals surface area (Å²) >= 11 is 1.96. The fourth-order valence-corrected chi connectivity index (χ4v) is 9.92. The Balaban J connectivity index is 0.974. The zero-order valence-corrected chi connectivity index (χ0v) is 28.8. The highest BCUT2D eigenvalue weighted by Crippen LogP contribution is 2.43. The van der Waals surface area contributed by atoms with Gasteiger partial charge in [-0.05, 0) is 130 Å². The second-order valence-electron chi connectivity index (χ2n) is 13.9. The highest BCUT2D eigenvalue weighted by atomic mass is 32.1. The first-order valence-corrected chi connectivity index (χ1v) is 18.7. The van der Waals surface area contributed by atoms with Crippen LogP contribution in [0.15, 0.2) is 164 Å². The van der Waals surface area contributed by atoms with Gasteiger partial charge in [0.1, 0.15) is 0 Å². The first-order valence-electron chi connectivity index (χ1n) is 17.9. The second-order valence-corrected chi connectivity index (χ2v) is 15.0. The van der Waals surface area contributed by atoms with Gasteiger partial charge in [0.05, 0.1) is 0 Å². The minimum Gasteiger partial charge on any atom is -0.135 e. The van der Waals surface area contributed by atoms with E-state index in [-0.39, 0.29) is 0 Å². The normalized spacial score (nSPS) is 12.9. The van der Waals surface area contributed by atoms with Gasteiger partial charge < -0.3 is 0 Å². The van der Waals surface area contributed by atoms with Crippen LogP contribution < -0.4 is 0 Å². The maximum Gasteiger partial charge on any atom is 0.0436 e. The Morgan fingerprint density at radius 1 is 0.373 bits per heavy atom. The van der Waals surface area contributed by atoms with Gasteiger partial charge in [0, 0.05) is 15.0 Å². The fourth-order valence-electron chi connectivity index (χ4n) is 8.57. The number of hydrogen-bond acceptors (Lipinski definition) is 1. The summed E-state index contributed by atoms with van der Waals surface area (Å²) in [5.74, 6) is 0. The molecule has 1 aromatic heterocycles. The number of allylic oxidation sites excluding steroid dienone is 1. The molecule has 0 aliphatic heterocycles. The van der Waals surface area contributed by atoms with E-state index < -0.39 is 0 Å². The van der Waals surface area contributed by atoms with Gasteiger partial charge in [-0.3, -0.25) is 0 Å². The van der Waals surface area contributed by atoms with E-state index in [1.807, 2.05) is 11.3 Å². The molecule has 1 aliphatic rings. The van der Waals surface area contributed by atoms with Crippen LogP contribution in [-0.4, -0.2) is 0 Å². The van der Waals surface area contributed by atoms with E-state index in [0.29, 0.717) is 0 Å². The Hall–Kier alpha value is -6.02. The summed E-state index contributed by atoms with van der Waals surface area (Å²) in [6.07, 6.45) is 6.92. The van der Waals surface area contributed by atoms with Crippen LogP contribution in [0.2, 0.25) is 0 Å². The smallest absolute Gasteiger partial charge is 0.0436 e. The Bertz CT molecular complexity index is 3030. The van der Waals surface area contributed by atoms with Crippen molar-refractivity contribution in [2.24, 2.45) is 0 Å². The molecule has 9 aromatic carbocycles. The molecule has 238 valence electrons. The highest BCUT2D eigenvalue weighted by Gasteiger charge is 2.17. The molecule has 0 nitrogen and oxygen atoms in total. The van der Waals surface area contributed by atoms with Gasteiger partial charge in [-0.15, -0.1) is 11.3 Å². The average molecular weight is 665 g/mol. The van der Waals surface area contributed by atoms with Crippen LogP contribution in [0.3, 0.4) is 0 Å². The maximum atomic E-state index is 2.41. The summed E-state index contributed by atoms with van der Waals surface area (Å²) in [7, 11) is 0. The van der Waals surface area contributed by atoms with E-state index in [0.717, 1.165) is 12.8 Å². The summed E-state index contributed by atoms with van der Waals surface area (Å²) in [6, 6.07) is 58.9. The lowest BCUT2D eigenvalue weighted by Crippen LogP contribution is -1.88. The number of aryl methyl sites for hydroxylation is 1. The molecule has 0 N–H and O–H groups in total. The summed E-state index contributed by atoms with van der Waals surface area (Å²) in [6.45, 7) is 0. The molecule has 1 heteroatoms. The predicted octanol–water partition coefficient (Wildman–Crippen LogP) is 14.6. The van der Waals surface area contributed by atoms with Crippen molar-refractivity contribution < 1.29 is 0 Å². The van der Waals surface area contributed by atoms with E-state index >= 15 is 0 Å². The number of thiophene rings is 1. The van der Waals surface area contributed by atoms with E-state index in [2.05, 4.69) is 170 Å². The van der Waals surface area contributed by atoms with E-state index in [1.165, 1.54) is 108 Å². The van der Waals surface area contributed by atoms with Gasteiger partial charge >= 0.3 is 0 Å². The molecule has 51 heavy (non-hydrogen) atoms. The molecule has 0 fully saturated rings. The van der Waals surface area contributed by atoms with E-state index in [1.54, 1.807) is 0 Å². The molecule has 11 rings (SSSR count). The predicted molar refractivity (Wildman–Crippen MR) is 223 cm³/mol. The molecule has 0 radical (unpaired) electrons. The second kappa shape index (κ2) is 11.3. The molecular formula is C50H32S. The zero-order valence-electron chi connectivity index (χ0n) is 28.0. The molecule has 0 unspecified atom stereocenters. The van der Waals surface area contributed by atoms with Gasteiger partial charge in [0.2, 0.25) is 0 Å². The van der Waals surface area contributed by atoms with Crippen molar-refractivity contribution in [2.45, 2.75) is 12.8 Å². The Kier molecular flexibility index (Phi) is 6.35. The first kappa shape index (κ1) is 28.8. The van der Waals surface area contributed by atoms with Gasteiger partial charge in [-0.2, -0.15) is 0 Å². The van der Waals surface area contributed by atoms with Crippen LogP contribution in [0.1, 0.15) is 16.9 Å². The molecule has 0 saturated heterocycles. The van der Waals surface area contributed by atoms with E-state index in [9.17, 15) is 0 Å². The Morgan fingerprint density at radius 2 is 0.882 bits per heavy atom. The molecule has 10 aromatic rings. The quantitative estimate of drug-likeness (QED) is 0.165. The zero-order chi connectivity index (χ0) is 33.5. The monoisotopic (exact) mass is 664 g/mol. The van der Waals surface area contributed by atoms with Crippen LogP contribution in [0.5, 0.6) is 0 Å². The lowest BCUT2D eigenvalue weighted by Gasteiger charge is -2.13. The highest BCUT2D eigenvalue weighted by molar-refractivity contribution is 7.21. The van der Waals surface area contributed by atoms with E-state index in [4.69, 9.17) is 0 Å². The maximum absolute atomic E-state index is 2.41. The van der Waals surface area contributed by atoms with Crippen LogP contribution in [0, 0.1) is 0 Å². The molecule has 0 amide bonds. The van der Waals surface area contributed by atoms with Crippen molar-refractivity contribution in [1.82, 2.24) is 0 Å². The number of rotatable bonds is 3. The lowest BCUT2D eigenvalue weighted by molar-refractivity contribution is 1.01. The lowest BCUT2D eigenvalue weighted by atomic mass is 9.91. The largest absolute Gasteiger partial charge is 0.135 e. The molecule has 0 saturated carbocycles. The van der Waals surface area contributed by atoms with Gasteiger partial charge in [-0.1, -0.05) is 146 Å². The topological polar surface area (TPSA) is 0 Å². The van der Waals surface area contributed by atoms with Crippen LogP contribution >= 0.6 is 11.3 Å². The number of hydrogen-bond donors (Lipinski definition) is 0. The number of benzene rings is 9. The third kappa shape index (κ3) is 4.52. The standard InChI is InChI=1S/C50H32S/c1-2-12-41-39(10-1)40-11-3-4-13-42(40)47-30-38(25-26-43(41)47)36-9-7-8-35(28-36)31-16-18-32(19-17-31)37-23-21-33-20-22-34-24-27-45-44-14-5-6-15-48(44)51-50(45)49(34)46(33)29-37/h1-4,6-13,15-30H,5,14H2. The molecule has 1 heterocycles. The van der Waals surface area contributed by atoms with Crippen molar-refractivity contribution in [1.29, 1.82) is 0 Å². The van der Waals surface area contributed by atoms with Crippen molar-refractivity contribution in [3.63, 3.8) is 0 Å². The van der Waals surface area contributed by atoms with Crippen LogP contribution in [0.25, 0.3) is 103 Å². The van der Waals surface area contributed by atoms with Crippen molar-refractivity contribution in [3.8, 4) is 33.4 Å². The van der Waals surface area contributed by atoms with Gasteiger partial charge in [0.25, 0.3) is 0 Å². The van der Waals surface area contributed by atoms with Crippen LogP contribution in [0.4, 0.5) is 0 Å². The molecule has 0 spiro atoms. The summed E-state index contributed by atoms with van der Waals surface area (Å²) in [4.78, 5) is 1.43. The summed E-state index contributed by atoms with van der Waals surface area (Å²) in [5, 5.41) is 14.6. The third-order valence-corrected chi connectivity index (χ3v) is 12.3. The molecule has 0 atom stereocenters. The van der Waals surface area contributed by atoms with Crippen molar-refractivity contribution in [2.75, 3.05) is 0 Å².